The van der Waals surface area contributed by atoms with Crippen molar-refractivity contribution in [3.8, 4) is 0 Å². The summed E-state index contributed by atoms with van der Waals surface area (Å²) in [5, 5.41) is 0. The van der Waals surface area contributed by atoms with Gasteiger partial charge in [-0.3, -0.25) is 0 Å². The average molecular weight is 244 g/mol. The molecule has 1 aliphatic carbocycles. The van der Waals surface area contributed by atoms with Crippen LogP contribution in [0, 0.1) is 5.82 Å². The molecule has 17 heavy (non-hydrogen) atoms. The molecule has 0 atom stereocenters. The SMILES string of the molecule is CN(C)c1cc(F)ccc1C1(N)CC(F)(F)C1. The molecule has 1 saturated carbocycles. The van der Waals surface area contributed by atoms with Crippen molar-refractivity contribution in [1.29, 1.82) is 0 Å². The lowest BCUT2D eigenvalue weighted by molar-refractivity contribution is -0.124. The van der Waals surface area contributed by atoms with Gasteiger partial charge < -0.3 is 10.6 Å². The molecule has 0 bridgehead atoms. The van der Waals surface area contributed by atoms with Gasteiger partial charge in [0.05, 0.1) is 5.54 Å². The second-order valence-corrected chi connectivity index (χ2v) is 4.92. The predicted octanol–water partition coefficient (Wildman–Crippen LogP) is 2.47. The highest BCUT2D eigenvalue weighted by Crippen LogP contribution is 2.51. The van der Waals surface area contributed by atoms with Crippen LogP contribution in [0.1, 0.15) is 18.4 Å². The number of nitrogens with two attached hydrogens (primary N) is 1. The van der Waals surface area contributed by atoms with E-state index < -0.39 is 17.3 Å². The molecule has 94 valence electrons. The fourth-order valence-corrected chi connectivity index (χ4v) is 2.36. The van der Waals surface area contributed by atoms with Gasteiger partial charge in [-0.05, 0) is 17.7 Å². The Labute approximate surface area is 98.2 Å². The van der Waals surface area contributed by atoms with Gasteiger partial charge in [0, 0.05) is 32.6 Å². The maximum atomic E-state index is 13.2. The molecule has 1 aromatic carbocycles. The van der Waals surface area contributed by atoms with Crippen molar-refractivity contribution in [2.24, 2.45) is 5.73 Å². The lowest BCUT2D eigenvalue weighted by Crippen LogP contribution is -2.55. The third kappa shape index (κ3) is 2.11. The minimum Gasteiger partial charge on any atom is -0.377 e. The third-order valence-corrected chi connectivity index (χ3v) is 3.13. The Kier molecular flexibility index (Phi) is 2.61. The van der Waals surface area contributed by atoms with Crippen molar-refractivity contribution in [1.82, 2.24) is 0 Å². The van der Waals surface area contributed by atoms with Crippen LogP contribution in [-0.2, 0) is 5.54 Å². The fourth-order valence-electron chi connectivity index (χ4n) is 2.36. The summed E-state index contributed by atoms with van der Waals surface area (Å²) in [7, 11) is 3.47. The summed E-state index contributed by atoms with van der Waals surface area (Å²) in [5.41, 5.74) is 6.05. The highest BCUT2D eigenvalue weighted by atomic mass is 19.3. The van der Waals surface area contributed by atoms with E-state index in [-0.39, 0.29) is 12.8 Å². The summed E-state index contributed by atoms with van der Waals surface area (Å²) < 4.78 is 39.1. The molecule has 5 heteroatoms. The molecule has 0 heterocycles. The van der Waals surface area contributed by atoms with Crippen molar-refractivity contribution in [2.45, 2.75) is 24.3 Å². The van der Waals surface area contributed by atoms with Crippen LogP contribution in [0.3, 0.4) is 0 Å². The Morgan fingerprint density at radius 3 is 2.29 bits per heavy atom. The number of rotatable bonds is 2. The van der Waals surface area contributed by atoms with Gasteiger partial charge in [0.2, 0.25) is 0 Å². The summed E-state index contributed by atoms with van der Waals surface area (Å²) in [6, 6.07) is 4.08. The van der Waals surface area contributed by atoms with Gasteiger partial charge in [0.15, 0.2) is 0 Å². The minimum atomic E-state index is -2.70. The van der Waals surface area contributed by atoms with Crippen LogP contribution in [0.25, 0.3) is 0 Å². The number of hydrogen-bond acceptors (Lipinski definition) is 2. The summed E-state index contributed by atoms with van der Waals surface area (Å²) in [4.78, 5) is 1.68. The summed E-state index contributed by atoms with van der Waals surface area (Å²) >= 11 is 0. The molecule has 1 fully saturated rings. The van der Waals surface area contributed by atoms with Crippen LogP contribution in [0.2, 0.25) is 0 Å². The van der Waals surface area contributed by atoms with E-state index in [9.17, 15) is 13.2 Å². The number of anilines is 1. The molecular formula is C12H15F3N2. The molecule has 0 radical (unpaired) electrons. The molecular weight excluding hydrogens is 229 g/mol. The van der Waals surface area contributed by atoms with Crippen molar-refractivity contribution in [3.63, 3.8) is 0 Å². The monoisotopic (exact) mass is 244 g/mol. The van der Waals surface area contributed by atoms with Crippen LogP contribution in [-0.4, -0.2) is 20.0 Å². The molecule has 0 saturated heterocycles. The molecule has 0 aliphatic heterocycles. The highest BCUT2D eigenvalue weighted by molar-refractivity contribution is 5.57. The smallest absolute Gasteiger partial charge is 0.252 e. The topological polar surface area (TPSA) is 29.3 Å². The standard InChI is InChI=1S/C12H15F3N2/c1-17(2)10-5-8(13)3-4-9(10)11(16)6-12(14,15)7-11/h3-5H,6-7,16H2,1-2H3. The van der Waals surface area contributed by atoms with Crippen molar-refractivity contribution in [3.05, 3.63) is 29.6 Å². The maximum Gasteiger partial charge on any atom is 0.252 e. The maximum absolute atomic E-state index is 13.2. The largest absolute Gasteiger partial charge is 0.377 e. The first-order chi connectivity index (χ1) is 7.73. The Morgan fingerprint density at radius 2 is 1.82 bits per heavy atom. The van der Waals surface area contributed by atoms with Crippen molar-refractivity contribution < 1.29 is 13.2 Å². The quantitative estimate of drug-likeness (QED) is 0.866. The number of nitrogens with zero attached hydrogens (tertiary/aromatic N) is 1. The molecule has 0 spiro atoms. The number of alkyl halides is 2. The van der Waals surface area contributed by atoms with E-state index in [1.54, 1.807) is 19.0 Å². The van der Waals surface area contributed by atoms with Crippen LogP contribution in [0.15, 0.2) is 18.2 Å². The zero-order valence-electron chi connectivity index (χ0n) is 9.80. The number of hydrogen-bond donors (Lipinski definition) is 1. The van der Waals surface area contributed by atoms with E-state index in [1.807, 2.05) is 0 Å². The summed E-state index contributed by atoms with van der Waals surface area (Å²) in [6.45, 7) is 0. The average Bonchev–Trinajstić information content (AvgIpc) is 2.13. The fraction of sp³-hybridized carbons (Fsp3) is 0.500. The second kappa shape index (κ2) is 3.63. The Hall–Kier alpha value is -1.23. The van der Waals surface area contributed by atoms with Gasteiger partial charge in [0.25, 0.3) is 5.92 Å². The number of benzene rings is 1. The molecule has 0 amide bonds. The lowest BCUT2D eigenvalue weighted by Gasteiger charge is -2.46. The van der Waals surface area contributed by atoms with E-state index in [0.29, 0.717) is 11.3 Å². The highest BCUT2D eigenvalue weighted by Gasteiger charge is 2.55. The molecule has 0 aromatic heterocycles. The first-order valence-electron chi connectivity index (χ1n) is 5.38. The zero-order chi connectivity index (χ0) is 12.8. The van der Waals surface area contributed by atoms with E-state index >= 15 is 0 Å². The zero-order valence-corrected chi connectivity index (χ0v) is 9.80. The van der Waals surface area contributed by atoms with E-state index in [1.165, 1.54) is 18.2 Å². The molecule has 1 aromatic rings. The van der Waals surface area contributed by atoms with Gasteiger partial charge in [-0.1, -0.05) is 6.07 Å². The third-order valence-electron chi connectivity index (χ3n) is 3.13. The molecule has 2 nitrogen and oxygen atoms in total. The minimum absolute atomic E-state index is 0.382. The lowest BCUT2D eigenvalue weighted by atomic mass is 9.69. The summed E-state index contributed by atoms with van der Waals surface area (Å²) in [5.74, 6) is -3.10. The van der Waals surface area contributed by atoms with E-state index in [2.05, 4.69) is 0 Å². The Balaban J connectivity index is 2.40. The van der Waals surface area contributed by atoms with Gasteiger partial charge in [-0.25, -0.2) is 13.2 Å². The molecule has 2 rings (SSSR count). The first-order valence-corrected chi connectivity index (χ1v) is 5.38. The van der Waals surface area contributed by atoms with Crippen LogP contribution < -0.4 is 10.6 Å². The molecule has 0 unspecified atom stereocenters. The van der Waals surface area contributed by atoms with Gasteiger partial charge in [-0.15, -0.1) is 0 Å². The van der Waals surface area contributed by atoms with Crippen LogP contribution in [0.4, 0.5) is 18.9 Å². The first kappa shape index (κ1) is 12.2. The normalized spacial score (nSPS) is 20.8. The Bertz CT molecular complexity index is 435. The van der Waals surface area contributed by atoms with Crippen LogP contribution in [0.5, 0.6) is 0 Å². The van der Waals surface area contributed by atoms with Gasteiger partial charge in [-0.2, -0.15) is 0 Å². The van der Waals surface area contributed by atoms with Crippen LogP contribution >= 0.6 is 0 Å². The van der Waals surface area contributed by atoms with Crippen molar-refractivity contribution >= 4 is 5.69 Å². The van der Waals surface area contributed by atoms with Gasteiger partial charge in [0.1, 0.15) is 5.82 Å². The predicted molar refractivity (Wildman–Crippen MR) is 60.8 cm³/mol. The van der Waals surface area contributed by atoms with Crippen molar-refractivity contribution in [2.75, 3.05) is 19.0 Å². The number of halogens is 3. The summed E-state index contributed by atoms with van der Waals surface area (Å²) in [6.07, 6.45) is -0.765. The van der Waals surface area contributed by atoms with E-state index in [0.717, 1.165) is 0 Å². The Morgan fingerprint density at radius 1 is 1.24 bits per heavy atom. The second-order valence-electron chi connectivity index (χ2n) is 4.92. The van der Waals surface area contributed by atoms with Gasteiger partial charge >= 0.3 is 0 Å². The molecule has 1 aliphatic rings. The molecule has 2 N–H and O–H groups in total. The van der Waals surface area contributed by atoms with E-state index in [4.69, 9.17) is 5.73 Å².